The van der Waals surface area contributed by atoms with Crippen LogP contribution < -0.4 is 0 Å². The van der Waals surface area contributed by atoms with Gasteiger partial charge in [-0.2, -0.15) is 23.5 Å². The lowest BCUT2D eigenvalue weighted by molar-refractivity contribution is -0.146. The van der Waals surface area contributed by atoms with Crippen LogP contribution in [0.25, 0.3) is 0 Å². The summed E-state index contributed by atoms with van der Waals surface area (Å²) in [7, 11) is 1.67. The molecule has 130 valence electrons. The zero-order valence-corrected chi connectivity index (χ0v) is 15.0. The number of carbonyl (C=O) groups is 3. The first-order chi connectivity index (χ1) is 11.0. The predicted molar refractivity (Wildman–Crippen MR) is 92.8 cm³/mol. The number of amides is 2. The van der Waals surface area contributed by atoms with Crippen LogP contribution in [0.15, 0.2) is 0 Å². The normalized spacial score (nSPS) is 22.7. The third kappa shape index (κ3) is 5.60. The predicted octanol–water partition coefficient (Wildman–Crippen LogP) is 1.01. The van der Waals surface area contributed by atoms with Crippen molar-refractivity contribution in [1.29, 1.82) is 0 Å². The van der Waals surface area contributed by atoms with Crippen LogP contribution in [-0.4, -0.2) is 81.9 Å². The van der Waals surface area contributed by atoms with Crippen molar-refractivity contribution in [1.82, 2.24) is 9.80 Å². The van der Waals surface area contributed by atoms with Gasteiger partial charge in [0.15, 0.2) is 0 Å². The molecule has 2 aliphatic rings. The fourth-order valence-corrected chi connectivity index (χ4v) is 5.44. The molecule has 2 saturated heterocycles. The molecule has 1 N–H and O–H groups in total. The summed E-state index contributed by atoms with van der Waals surface area (Å²) >= 11 is 3.72. The van der Waals surface area contributed by atoms with Crippen LogP contribution in [0.2, 0.25) is 0 Å². The molecular formula is C15H24N2O4S2. The average molecular weight is 361 g/mol. The quantitative estimate of drug-likeness (QED) is 0.788. The largest absolute Gasteiger partial charge is 0.481 e. The number of carbonyl (C=O) groups excluding carboxylic acids is 2. The number of carboxylic acids is 1. The van der Waals surface area contributed by atoms with E-state index in [1.165, 1.54) is 4.90 Å². The summed E-state index contributed by atoms with van der Waals surface area (Å²) in [5, 5.41) is 9.33. The number of hydrogen-bond acceptors (Lipinski definition) is 5. The first kappa shape index (κ1) is 18.4. The molecule has 2 fully saturated rings. The third-order valence-corrected chi connectivity index (χ3v) is 7.13. The molecule has 8 heteroatoms. The lowest BCUT2D eigenvalue weighted by Crippen LogP contribution is -2.45. The highest BCUT2D eigenvalue weighted by Crippen LogP contribution is 2.26. The summed E-state index contributed by atoms with van der Waals surface area (Å²) in [6, 6.07) is 0. The van der Waals surface area contributed by atoms with Gasteiger partial charge in [0.05, 0.1) is 12.5 Å². The monoisotopic (exact) mass is 360 g/mol. The molecule has 23 heavy (non-hydrogen) atoms. The second kappa shape index (κ2) is 8.82. The van der Waals surface area contributed by atoms with Crippen molar-refractivity contribution in [3.8, 4) is 0 Å². The summed E-state index contributed by atoms with van der Waals surface area (Å²) in [4.78, 5) is 38.6. The van der Waals surface area contributed by atoms with Crippen molar-refractivity contribution in [2.45, 2.75) is 24.5 Å². The van der Waals surface area contributed by atoms with Crippen molar-refractivity contribution < 1.29 is 19.5 Å². The van der Waals surface area contributed by atoms with Crippen molar-refractivity contribution in [3.63, 3.8) is 0 Å². The number of likely N-dealkylation sites (N-methyl/N-ethyl adjacent to an activating group) is 1. The van der Waals surface area contributed by atoms with E-state index in [2.05, 4.69) is 0 Å². The number of carboxylic acid groups (broad SMARTS) is 1. The summed E-state index contributed by atoms with van der Waals surface area (Å²) < 4.78 is 0. The van der Waals surface area contributed by atoms with Gasteiger partial charge in [0, 0.05) is 49.1 Å². The molecule has 0 aromatic carbocycles. The van der Waals surface area contributed by atoms with Crippen molar-refractivity contribution in [2.75, 3.05) is 43.9 Å². The molecule has 0 aromatic rings. The first-order valence-electron chi connectivity index (χ1n) is 7.91. The van der Waals surface area contributed by atoms with Crippen LogP contribution in [0.5, 0.6) is 0 Å². The Morgan fingerprint density at radius 1 is 1.22 bits per heavy atom. The molecule has 0 bridgehead atoms. The zero-order valence-electron chi connectivity index (χ0n) is 13.4. The standard InChI is InChI=1S/C15H24N2O4S2/c1-16(13(18)8-12-10-22-6-7-23-12)9-14(19)17-4-2-11(3-5-17)15(20)21/h11-12H,2-10H2,1H3,(H,20,21). The van der Waals surface area contributed by atoms with Crippen molar-refractivity contribution in [3.05, 3.63) is 0 Å². The molecule has 0 saturated carbocycles. The van der Waals surface area contributed by atoms with Gasteiger partial charge < -0.3 is 14.9 Å². The smallest absolute Gasteiger partial charge is 0.306 e. The van der Waals surface area contributed by atoms with Gasteiger partial charge in [-0.25, -0.2) is 0 Å². The van der Waals surface area contributed by atoms with Gasteiger partial charge in [-0.1, -0.05) is 0 Å². The van der Waals surface area contributed by atoms with Crippen LogP contribution in [0.1, 0.15) is 19.3 Å². The van der Waals surface area contributed by atoms with Crippen LogP contribution in [0.3, 0.4) is 0 Å². The number of aliphatic carboxylic acids is 1. The van der Waals surface area contributed by atoms with Crippen LogP contribution in [0.4, 0.5) is 0 Å². The molecule has 2 rings (SSSR count). The van der Waals surface area contributed by atoms with Gasteiger partial charge in [-0.3, -0.25) is 14.4 Å². The van der Waals surface area contributed by atoms with E-state index in [0.29, 0.717) is 37.6 Å². The Hall–Kier alpha value is -0.890. The minimum Gasteiger partial charge on any atom is -0.481 e. The number of likely N-dealkylation sites (tertiary alicyclic amines) is 1. The Labute approximate surface area is 145 Å². The van der Waals surface area contributed by atoms with Crippen molar-refractivity contribution >= 4 is 41.3 Å². The van der Waals surface area contributed by atoms with Gasteiger partial charge in [0.2, 0.25) is 11.8 Å². The fourth-order valence-electron chi connectivity index (χ4n) is 2.77. The summed E-state index contributed by atoms with van der Waals surface area (Å²) in [6.45, 7) is 1.01. The van der Waals surface area contributed by atoms with Gasteiger partial charge in [-0.05, 0) is 12.8 Å². The maximum Gasteiger partial charge on any atom is 0.306 e. The molecule has 0 spiro atoms. The average Bonchev–Trinajstić information content (AvgIpc) is 2.55. The van der Waals surface area contributed by atoms with E-state index in [1.54, 1.807) is 11.9 Å². The fraction of sp³-hybridized carbons (Fsp3) is 0.800. The number of thioether (sulfide) groups is 2. The van der Waals surface area contributed by atoms with Gasteiger partial charge in [0.1, 0.15) is 0 Å². The molecule has 0 aromatic heterocycles. The minimum atomic E-state index is -0.785. The van der Waals surface area contributed by atoms with E-state index in [4.69, 9.17) is 5.11 Å². The van der Waals surface area contributed by atoms with E-state index in [-0.39, 0.29) is 24.3 Å². The van der Waals surface area contributed by atoms with E-state index in [1.807, 2.05) is 23.5 Å². The van der Waals surface area contributed by atoms with E-state index in [0.717, 1.165) is 17.3 Å². The highest BCUT2D eigenvalue weighted by Gasteiger charge is 2.28. The molecule has 1 unspecified atom stereocenters. The number of hydrogen-bond donors (Lipinski definition) is 1. The number of piperidine rings is 1. The van der Waals surface area contributed by atoms with Crippen LogP contribution in [-0.2, 0) is 14.4 Å². The summed E-state index contributed by atoms with van der Waals surface area (Å²) in [5.41, 5.74) is 0. The SMILES string of the molecule is CN(CC(=O)N1CCC(C(=O)O)CC1)C(=O)CC1CSCCS1. The van der Waals surface area contributed by atoms with Gasteiger partial charge in [0.25, 0.3) is 0 Å². The Balaban J connectivity index is 1.73. The highest BCUT2D eigenvalue weighted by molar-refractivity contribution is 8.06. The zero-order chi connectivity index (χ0) is 16.8. The lowest BCUT2D eigenvalue weighted by Gasteiger charge is -2.31. The van der Waals surface area contributed by atoms with E-state index in [9.17, 15) is 14.4 Å². The summed E-state index contributed by atoms with van der Waals surface area (Å²) in [5.74, 6) is 2.03. The van der Waals surface area contributed by atoms with Gasteiger partial charge in [-0.15, -0.1) is 0 Å². The number of nitrogens with zero attached hydrogens (tertiary/aromatic N) is 2. The Morgan fingerprint density at radius 3 is 2.48 bits per heavy atom. The van der Waals surface area contributed by atoms with Gasteiger partial charge >= 0.3 is 5.97 Å². The molecule has 1 atom stereocenters. The van der Waals surface area contributed by atoms with Crippen LogP contribution >= 0.6 is 23.5 Å². The number of rotatable bonds is 5. The molecule has 2 aliphatic heterocycles. The summed E-state index contributed by atoms with van der Waals surface area (Å²) in [6.07, 6.45) is 1.48. The maximum atomic E-state index is 12.3. The Kier molecular flexibility index (Phi) is 7.08. The Bertz CT molecular complexity index is 447. The topological polar surface area (TPSA) is 77.9 Å². The molecule has 0 radical (unpaired) electrons. The molecular weight excluding hydrogens is 336 g/mol. The van der Waals surface area contributed by atoms with Crippen LogP contribution in [0, 0.1) is 5.92 Å². The van der Waals surface area contributed by atoms with Crippen molar-refractivity contribution in [2.24, 2.45) is 5.92 Å². The van der Waals surface area contributed by atoms with E-state index < -0.39 is 5.97 Å². The maximum absolute atomic E-state index is 12.3. The lowest BCUT2D eigenvalue weighted by atomic mass is 9.97. The third-order valence-electron chi connectivity index (χ3n) is 4.28. The second-order valence-corrected chi connectivity index (χ2v) is 8.57. The van der Waals surface area contributed by atoms with E-state index >= 15 is 0 Å². The highest BCUT2D eigenvalue weighted by atomic mass is 32.2. The molecule has 2 amide bonds. The second-order valence-electron chi connectivity index (χ2n) is 6.01. The Morgan fingerprint density at radius 2 is 1.91 bits per heavy atom. The molecule has 0 aliphatic carbocycles. The minimum absolute atomic E-state index is 0.0128. The molecule has 6 nitrogen and oxygen atoms in total. The first-order valence-corrected chi connectivity index (χ1v) is 10.1. The molecule has 2 heterocycles.